The van der Waals surface area contributed by atoms with Crippen LogP contribution in [0.15, 0.2) is 0 Å². The highest BCUT2D eigenvalue weighted by molar-refractivity contribution is 7.88. The minimum Gasteiger partial charge on any atom is -0.393 e. The van der Waals surface area contributed by atoms with Gasteiger partial charge in [0.05, 0.1) is 12.4 Å². The van der Waals surface area contributed by atoms with Crippen molar-refractivity contribution >= 4 is 10.0 Å². The molecule has 0 bridgehead atoms. The Labute approximate surface area is 184 Å². The molecule has 3 aliphatic rings. The minimum atomic E-state index is -3.33. The van der Waals surface area contributed by atoms with Crippen LogP contribution in [-0.2, 0) is 14.8 Å². The van der Waals surface area contributed by atoms with Gasteiger partial charge in [0.2, 0.25) is 10.0 Å². The summed E-state index contributed by atoms with van der Waals surface area (Å²) in [6, 6.07) is 0.495. The van der Waals surface area contributed by atoms with Crippen molar-refractivity contribution in [3.8, 4) is 0 Å². The van der Waals surface area contributed by atoms with Crippen molar-refractivity contribution in [1.82, 2.24) is 14.5 Å². The van der Waals surface area contributed by atoms with Crippen LogP contribution in [0.4, 0.5) is 0 Å². The van der Waals surface area contributed by atoms with Crippen LogP contribution in [0, 0.1) is 11.8 Å². The second-order valence-electron chi connectivity index (χ2n) is 9.74. The Kier molecular flexibility index (Phi) is 10.5. The first-order valence-electron chi connectivity index (χ1n) is 11.8. The average Bonchev–Trinajstić information content (AvgIpc) is 3.27. The first kappa shape index (κ1) is 26.0. The quantitative estimate of drug-likeness (QED) is 0.651. The van der Waals surface area contributed by atoms with Crippen molar-refractivity contribution in [3.63, 3.8) is 0 Å². The van der Waals surface area contributed by atoms with Crippen LogP contribution in [0.5, 0.6) is 0 Å². The first-order chi connectivity index (χ1) is 14.1. The molecule has 178 valence electrons. The van der Waals surface area contributed by atoms with Gasteiger partial charge in [-0.1, -0.05) is 46.0 Å². The molecule has 1 heterocycles. The van der Waals surface area contributed by atoms with Gasteiger partial charge >= 0.3 is 0 Å². The van der Waals surface area contributed by atoms with E-state index in [2.05, 4.69) is 24.1 Å². The normalized spacial score (nSPS) is 33.5. The molecule has 0 aromatic heterocycles. The summed E-state index contributed by atoms with van der Waals surface area (Å²) >= 11 is 0. The summed E-state index contributed by atoms with van der Waals surface area (Å²) in [5.74, 6) is 0.870. The molecular formula is C22H45N3O4S. The standard InChI is InChI=1S/C17H35N3O4S.C5H10/c1-12(2)15-10-16(13-6-8-14(21)9-7-13)20(11-24-4)17(18-15)19(3)25(5,22)23;1-2-4-5-3-1/h12-18,21H,6-11H2,1-5H3;1-5H2. The van der Waals surface area contributed by atoms with E-state index >= 15 is 0 Å². The summed E-state index contributed by atoms with van der Waals surface area (Å²) in [6.45, 7) is 4.72. The lowest BCUT2D eigenvalue weighted by Gasteiger charge is -2.52. The molecule has 7 nitrogen and oxygen atoms in total. The molecule has 3 rings (SSSR count). The van der Waals surface area contributed by atoms with Crippen molar-refractivity contribution in [2.24, 2.45) is 11.8 Å². The highest BCUT2D eigenvalue weighted by atomic mass is 32.2. The highest BCUT2D eigenvalue weighted by Crippen LogP contribution is 2.35. The SMILES string of the molecule is C1CCCC1.COCN1C(C2CCC(O)CC2)CC(C(C)C)NC1N(C)S(C)(=O)=O. The van der Waals surface area contributed by atoms with E-state index in [0.29, 0.717) is 18.6 Å². The summed E-state index contributed by atoms with van der Waals surface area (Å²) in [5, 5.41) is 13.4. The zero-order valence-corrected chi connectivity index (χ0v) is 20.5. The van der Waals surface area contributed by atoms with Crippen LogP contribution in [0.2, 0.25) is 0 Å². The van der Waals surface area contributed by atoms with Crippen molar-refractivity contribution in [2.45, 2.75) is 103 Å². The predicted octanol–water partition coefficient (Wildman–Crippen LogP) is 2.96. The number of ether oxygens (including phenoxy) is 1. The fraction of sp³-hybridized carbons (Fsp3) is 1.00. The largest absolute Gasteiger partial charge is 0.393 e. The van der Waals surface area contributed by atoms with Crippen molar-refractivity contribution in [2.75, 3.05) is 27.1 Å². The van der Waals surface area contributed by atoms with E-state index in [1.54, 1.807) is 14.2 Å². The van der Waals surface area contributed by atoms with Crippen LogP contribution < -0.4 is 5.32 Å². The fourth-order valence-electron chi connectivity index (χ4n) is 5.04. The van der Waals surface area contributed by atoms with Gasteiger partial charge in [0.1, 0.15) is 13.0 Å². The summed E-state index contributed by atoms with van der Waals surface area (Å²) < 4.78 is 31.2. The zero-order valence-electron chi connectivity index (χ0n) is 19.7. The third-order valence-electron chi connectivity index (χ3n) is 7.08. The van der Waals surface area contributed by atoms with Gasteiger partial charge in [-0.25, -0.2) is 13.3 Å². The molecule has 3 fully saturated rings. The van der Waals surface area contributed by atoms with Crippen LogP contribution in [0.25, 0.3) is 0 Å². The van der Waals surface area contributed by atoms with Crippen molar-refractivity contribution < 1.29 is 18.3 Å². The second-order valence-corrected chi connectivity index (χ2v) is 11.8. The van der Waals surface area contributed by atoms with Gasteiger partial charge in [0.25, 0.3) is 0 Å². The molecule has 1 aliphatic heterocycles. The molecule has 0 spiro atoms. The van der Waals surface area contributed by atoms with Gasteiger partial charge < -0.3 is 9.84 Å². The Morgan fingerprint density at radius 2 is 1.63 bits per heavy atom. The number of aliphatic hydroxyl groups is 1. The van der Waals surface area contributed by atoms with Crippen molar-refractivity contribution in [1.29, 1.82) is 0 Å². The Hall–Kier alpha value is -0.250. The van der Waals surface area contributed by atoms with Crippen LogP contribution in [0.1, 0.15) is 78.1 Å². The van der Waals surface area contributed by atoms with E-state index < -0.39 is 16.3 Å². The van der Waals surface area contributed by atoms with Gasteiger partial charge in [-0.3, -0.25) is 5.32 Å². The molecule has 2 saturated carbocycles. The molecule has 2 N–H and O–H groups in total. The maximum Gasteiger partial charge on any atom is 0.213 e. The third kappa shape index (κ3) is 7.41. The smallest absolute Gasteiger partial charge is 0.213 e. The third-order valence-corrected chi connectivity index (χ3v) is 8.33. The van der Waals surface area contributed by atoms with Gasteiger partial charge in [-0.15, -0.1) is 0 Å². The average molecular weight is 448 g/mol. The Bertz CT molecular complexity index is 582. The number of sulfonamides is 1. The molecule has 0 aromatic rings. The molecule has 3 atom stereocenters. The van der Waals surface area contributed by atoms with E-state index in [1.165, 1.54) is 42.7 Å². The number of hydrogen-bond acceptors (Lipinski definition) is 6. The molecule has 0 amide bonds. The molecule has 2 aliphatic carbocycles. The number of nitrogens with zero attached hydrogens (tertiary/aromatic N) is 2. The zero-order chi connectivity index (χ0) is 22.3. The predicted molar refractivity (Wildman–Crippen MR) is 121 cm³/mol. The topological polar surface area (TPSA) is 82.1 Å². The lowest BCUT2D eigenvalue weighted by Crippen LogP contribution is -2.69. The van der Waals surface area contributed by atoms with Gasteiger partial charge in [-0.05, 0) is 43.9 Å². The van der Waals surface area contributed by atoms with Gasteiger partial charge in [0, 0.05) is 26.2 Å². The fourth-order valence-corrected chi connectivity index (χ4v) is 5.59. The number of rotatable bonds is 6. The molecule has 30 heavy (non-hydrogen) atoms. The van der Waals surface area contributed by atoms with E-state index in [0.717, 1.165) is 32.1 Å². The molecule has 1 saturated heterocycles. The Morgan fingerprint density at radius 3 is 2.07 bits per heavy atom. The number of nitrogens with one attached hydrogen (secondary N) is 1. The molecule has 0 radical (unpaired) electrons. The first-order valence-corrected chi connectivity index (χ1v) is 13.6. The van der Waals surface area contributed by atoms with E-state index in [-0.39, 0.29) is 18.2 Å². The summed E-state index contributed by atoms with van der Waals surface area (Å²) in [4.78, 5) is 2.14. The minimum absolute atomic E-state index is 0.191. The van der Waals surface area contributed by atoms with Crippen LogP contribution in [-0.4, -0.2) is 74.4 Å². The molecular weight excluding hydrogens is 402 g/mol. The van der Waals surface area contributed by atoms with E-state index in [1.807, 2.05) is 0 Å². The van der Waals surface area contributed by atoms with Crippen LogP contribution in [0.3, 0.4) is 0 Å². The van der Waals surface area contributed by atoms with E-state index in [9.17, 15) is 13.5 Å². The number of hydrogen-bond donors (Lipinski definition) is 2. The molecule has 8 heteroatoms. The Morgan fingerprint density at radius 1 is 1.10 bits per heavy atom. The highest BCUT2D eigenvalue weighted by Gasteiger charge is 2.43. The second kappa shape index (κ2) is 12.1. The maximum atomic E-state index is 12.2. The number of aliphatic hydroxyl groups excluding tert-OH is 1. The Balaban J connectivity index is 0.000000558. The lowest BCUT2D eigenvalue weighted by molar-refractivity contribution is -0.0996. The molecule has 3 unspecified atom stereocenters. The lowest BCUT2D eigenvalue weighted by atomic mass is 9.78. The number of methoxy groups -OCH3 is 1. The van der Waals surface area contributed by atoms with E-state index in [4.69, 9.17) is 4.74 Å². The maximum absolute atomic E-state index is 12.2. The van der Waals surface area contributed by atoms with Gasteiger partial charge in [0.15, 0.2) is 0 Å². The monoisotopic (exact) mass is 447 g/mol. The molecule has 0 aromatic carbocycles. The van der Waals surface area contributed by atoms with Crippen LogP contribution >= 0.6 is 0 Å². The summed E-state index contributed by atoms with van der Waals surface area (Å²) in [5.41, 5.74) is 0. The van der Waals surface area contributed by atoms with Gasteiger partial charge in [-0.2, -0.15) is 4.31 Å². The summed E-state index contributed by atoms with van der Waals surface area (Å²) in [7, 11) is -0.0605. The summed E-state index contributed by atoms with van der Waals surface area (Å²) in [6.07, 6.45) is 12.7. The van der Waals surface area contributed by atoms with Crippen molar-refractivity contribution in [3.05, 3.63) is 0 Å².